The van der Waals surface area contributed by atoms with E-state index in [1.165, 1.54) is 80.9 Å². The Hall–Kier alpha value is -6.49. The molecule has 0 aromatic rings. The average molecular weight is 1490 g/mol. The molecule has 12 amide bonds. The smallest absolute Gasteiger partial charge is 0.347 e. The van der Waals surface area contributed by atoms with Crippen LogP contribution in [0.5, 0.6) is 0 Å². The number of nitrogens with zero attached hydrogens (tertiary/aromatic N) is 9. The summed E-state index contributed by atoms with van der Waals surface area (Å²) in [5.41, 5.74) is -1.60. The Morgan fingerprint density at radius 3 is 1.82 bits per heavy atom. The molecule has 24 nitrogen and oxygen atoms in total. The van der Waals surface area contributed by atoms with Crippen molar-refractivity contribution in [3.63, 3.8) is 0 Å². The van der Waals surface area contributed by atoms with Crippen LogP contribution in [0.15, 0.2) is 0 Å². The number of halogens is 7. The van der Waals surface area contributed by atoms with Crippen molar-refractivity contribution in [1.82, 2.24) is 60.0 Å². The molecule has 3 unspecified atom stereocenters. The number of fused-ring (bicyclic) bond motifs is 3. The van der Waals surface area contributed by atoms with E-state index in [-0.39, 0.29) is 115 Å². The van der Waals surface area contributed by atoms with Crippen molar-refractivity contribution in [2.45, 2.75) is 260 Å². The molecule has 7 rings (SSSR count). The average Bonchev–Trinajstić information content (AvgIpc) is 1.68. The molecule has 31 heteroatoms. The monoisotopic (exact) mass is 1490 g/mol. The van der Waals surface area contributed by atoms with Crippen molar-refractivity contribution in [3.8, 4) is 0 Å². The summed E-state index contributed by atoms with van der Waals surface area (Å²) in [6.45, 7) is 5.64. The Morgan fingerprint density at radius 1 is 0.612 bits per heavy atom. The lowest BCUT2D eigenvalue weighted by molar-refractivity contribution is -0.184. The van der Waals surface area contributed by atoms with Crippen molar-refractivity contribution in [1.29, 1.82) is 0 Å². The molecule has 7 aliphatic rings. The molecule has 4 saturated carbocycles. The number of nitrogens with one attached hydrogen (secondary N) is 3. The van der Waals surface area contributed by atoms with Gasteiger partial charge in [0.05, 0.1) is 31.3 Å². The maximum Gasteiger partial charge on any atom is 0.393 e. The van der Waals surface area contributed by atoms with Crippen molar-refractivity contribution in [2.75, 3.05) is 82.6 Å². The van der Waals surface area contributed by atoms with Gasteiger partial charge in [0.1, 0.15) is 53.9 Å². The molecule has 582 valence electrons. The van der Waals surface area contributed by atoms with E-state index in [4.69, 9.17) is 11.6 Å². The normalized spacial score (nSPS) is 32.0. The van der Waals surface area contributed by atoms with E-state index in [0.29, 0.717) is 44.9 Å². The Balaban J connectivity index is 1.29. The SMILES string of the molecule is CC[C@H](C)[C@@H]1NC(=O)[C@H](CC)N(C)C(=O)C[C@@H](C(=O)N(C)C)N(C)C(=O)[C@H](C2CCCC2)N(C)C(=O)C2(CCCC2)NC(=O)[C@@H]2CCCN2C(=O)[C@H](CCC2CCC(C(F)(F)F)C(Cl)C2)NC(=O)CN(C)C(=O)[C@H](CC2CCC(C(F)(F)F)CC2)N2C[C@H](C)CC[C@@H](C2=O)N(C)C(=O)CN(C)C1=O. The topological polar surface area (TPSA) is 270 Å². The van der Waals surface area contributed by atoms with Crippen molar-refractivity contribution in [3.05, 3.63) is 0 Å². The molecule has 7 fully saturated rings. The zero-order chi connectivity index (χ0) is 76.5. The third-order valence-corrected chi connectivity index (χ3v) is 24.3. The fourth-order valence-electron chi connectivity index (χ4n) is 17.1. The van der Waals surface area contributed by atoms with Crippen LogP contribution in [0.4, 0.5) is 26.3 Å². The number of carbonyl (C=O) groups is 12. The maximum absolute atomic E-state index is 15.6. The molecule has 1 spiro atoms. The fraction of sp³-hybridized carbons (Fsp3) is 0.833. The molecule has 2 bridgehead atoms. The largest absolute Gasteiger partial charge is 0.393 e. The number of hydrogen-bond acceptors (Lipinski definition) is 12. The first-order chi connectivity index (χ1) is 48.3. The van der Waals surface area contributed by atoms with Gasteiger partial charge in [-0.25, -0.2) is 0 Å². The summed E-state index contributed by atoms with van der Waals surface area (Å²) in [5.74, 6) is -14.0. The van der Waals surface area contributed by atoms with E-state index in [2.05, 4.69) is 16.0 Å². The molecule has 0 aromatic heterocycles. The van der Waals surface area contributed by atoms with Gasteiger partial charge in [0.25, 0.3) is 0 Å². The van der Waals surface area contributed by atoms with Crippen LogP contribution in [-0.4, -0.2) is 269 Å². The van der Waals surface area contributed by atoms with E-state index in [0.717, 1.165) is 32.4 Å². The van der Waals surface area contributed by atoms with Crippen molar-refractivity contribution in [2.24, 2.45) is 41.4 Å². The Morgan fingerprint density at radius 2 is 1.23 bits per heavy atom. The summed E-state index contributed by atoms with van der Waals surface area (Å²) in [6, 6.07) is -10.4. The lowest BCUT2D eigenvalue weighted by atomic mass is 9.78. The zero-order valence-corrected chi connectivity index (χ0v) is 63.1. The fourth-order valence-corrected chi connectivity index (χ4v) is 17.6. The summed E-state index contributed by atoms with van der Waals surface area (Å²) < 4.78 is 84.4. The second-order valence-electron chi connectivity index (χ2n) is 31.2. The second-order valence-corrected chi connectivity index (χ2v) is 31.8. The van der Waals surface area contributed by atoms with E-state index < -0.39 is 198 Å². The highest BCUT2D eigenvalue weighted by molar-refractivity contribution is 6.21. The lowest BCUT2D eigenvalue weighted by Crippen LogP contribution is -2.65. The second kappa shape index (κ2) is 35.7. The van der Waals surface area contributed by atoms with Gasteiger partial charge in [0, 0.05) is 74.8 Å². The Labute approximate surface area is 607 Å². The molecular weight excluding hydrogens is 1370 g/mol. The van der Waals surface area contributed by atoms with Crippen LogP contribution in [0.25, 0.3) is 0 Å². The molecule has 4 aliphatic carbocycles. The van der Waals surface area contributed by atoms with Gasteiger partial charge in [0.2, 0.25) is 70.9 Å². The van der Waals surface area contributed by atoms with Crippen LogP contribution in [0, 0.1) is 41.4 Å². The van der Waals surface area contributed by atoms with Gasteiger partial charge in [-0.1, -0.05) is 59.8 Å². The summed E-state index contributed by atoms with van der Waals surface area (Å²) in [7, 11) is 11.2. The van der Waals surface area contributed by atoms with Gasteiger partial charge in [-0.15, -0.1) is 11.6 Å². The number of carbonyl (C=O) groups excluding carboxylic acids is 12. The third kappa shape index (κ3) is 20.2. The standard InChI is InChI=1S/C72H113ClF6N12O12/c1-13-43(4)59-67(101)85(8)41-58(94)87(10)53-32-23-42(3)39-91(66(53)100)55(37-45-24-28-47(29-25-45)71(74,75)76)65(99)84(7)40-56(92)80-50(31-27-44-26-30-48(49(73)36-44)72(77,78)79)63(97)90-35-19-22-52(90)62(96)82-70(33-17-18-34-70)69(103)89(12)60(46-20-15-16-21-46)68(102)88(11)54(64(98)83(5)6)38-57(93)86(9)51(14-2)61(95)81-59/h42-55,59-60H,13-41H2,1-12H3,(H,80,92)(H,81,95)(H,82,96)/t42-,43+,44?,45?,47?,48?,49?,50+,51+,52+,53+,54+,55+,59+,60+/m1/s1. The minimum Gasteiger partial charge on any atom is -0.347 e. The molecular formula is C72H113ClF6N12O12. The van der Waals surface area contributed by atoms with Crippen molar-refractivity contribution < 1.29 is 83.9 Å². The van der Waals surface area contributed by atoms with Crippen LogP contribution in [-0.2, 0) is 57.5 Å². The third-order valence-electron chi connectivity index (χ3n) is 23.8. The van der Waals surface area contributed by atoms with E-state index >= 15 is 28.8 Å². The van der Waals surface area contributed by atoms with Crippen LogP contribution >= 0.6 is 11.6 Å². The maximum atomic E-state index is 15.6. The molecule has 3 saturated heterocycles. The first kappa shape index (κ1) is 83.8. The van der Waals surface area contributed by atoms with Gasteiger partial charge in [0.15, 0.2) is 0 Å². The summed E-state index contributed by atoms with van der Waals surface area (Å²) in [5, 5.41) is 7.37. The predicted molar refractivity (Wildman–Crippen MR) is 370 cm³/mol. The summed E-state index contributed by atoms with van der Waals surface area (Å²) >= 11 is 6.40. The minimum atomic E-state index is -4.55. The van der Waals surface area contributed by atoms with Gasteiger partial charge < -0.3 is 60.0 Å². The van der Waals surface area contributed by atoms with Crippen LogP contribution in [0.1, 0.15) is 188 Å². The highest BCUT2D eigenvalue weighted by Crippen LogP contribution is 2.45. The van der Waals surface area contributed by atoms with Gasteiger partial charge in [-0.2, -0.15) is 26.3 Å². The van der Waals surface area contributed by atoms with Crippen LogP contribution < -0.4 is 16.0 Å². The number of hydrogen-bond donors (Lipinski definition) is 3. The highest BCUT2D eigenvalue weighted by atomic mass is 35.5. The molecule has 103 heavy (non-hydrogen) atoms. The molecule has 3 aliphatic heterocycles. The van der Waals surface area contributed by atoms with E-state index in [9.17, 15) is 55.1 Å². The lowest BCUT2D eigenvalue weighted by Gasteiger charge is -2.42. The Kier molecular flexibility index (Phi) is 29.1. The molecule has 0 aromatic carbocycles. The first-order valence-corrected chi connectivity index (χ1v) is 37.8. The molecule has 3 heterocycles. The first-order valence-electron chi connectivity index (χ1n) is 37.3. The minimum absolute atomic E-state index is 0.00907. The summed E-state index contributed by atoms with van der Waals surface area (Å²) in [6.07, 6.45) is -5.36. The van der Waals surface area contributed by atoms with Gasteiger partial charge in [-0.05, 0) is 152 Å². The number of likely N-dealkylation sites (N-methyl/N-ethyl adjacent to an activating group) is 7. The highest BCUT2D eigenvalue weighted by Gasteiger charge is 2.53. The van der Waals surface area contributed by atoms with Crippen molar-refractivity contribution >= 4 is 82.5 Å². The zero-order valence-electron chi connectivity index (χ0n) is 62.3. The van der Waals surface area contributed by atoms with E-state index in [1.54, 1.807) is 20.8 Å². The van der Waals surface area contributed by atoms with E-state index in [1.807, 2.05) is 6.92 Å². The molecule has 3 N–H and O–H groups in total. The molecule has 13 atom stereocenters. The number of alkyl halides is 7. The van der Waals surface area contributed by atoms with Gasteiger partial charge >= 0.3 is 12.4 Å². The van der Waals surface area contributed by atoms with Crippen LogP contribution in [0.2, 0.25) is 0 Å². The number of rotatable bonds is 10. The summed E-state index contributed by atoms with van der Waals surface area (Å²) in [4.78, 5) is 191. The number of amides is 12. The van der Waals surface area contributed by atoms with Gasteiger partial charge in [-0.3, -0.25) is 57.5 Å². The van der Waals surface area contributed by atoms with Crippen LogP contribution in [0.3, 0.4) is 0 Å². The predicted octanol–water partition coefficient (Wildman–Crippen LogP) is 6.49. The molecule has 0 radical (unpaired) electrons. The Bertz CT molecular complexity index is 3050. The quantitative estimate of drug-likeness (QED) is 0.156.